The van der Waals surface area contributed by atoms with Gasteiger partial charge in [0.1, 0.15) is 17.7 Å². The molecule has 3 aromatic carbocycles. The quantitative estimate of drug-likeness (QED) is 0.345. The fraction of sp³-hybridized carbons (Fsp3) is 0.303. The van der Waals surface area contributed by atoms with Gasteiger partial charge in [-0.15, -0.1) is 6.42 Å². The minimum absolute atomic E-state index is 0.211. The van der Waals surface area contributed by atoms with Crippen molar-refractivity contribution in [2.24, 2.45) is 0 Å². The molecule has 0 bridgehead atoms. The molecule has 3 rings (SSSR count). The third kappa shape index (κ3) is 8.21. The number of ether oxygens (including phenoxy) is 1. The zero-order valence-corrected chi connectivity index (χ0v) is 23.7. The number of anilines is 1. The average molecular weight is 540 g/mol. The minimum atomic E-state index is -0.984. The van der Waals surface area contributed by atoms with Crippen molar-refractivity contribution in [3.8, 4) is 12.3 Å². The lowest BCUT2D eigenvalue weighted by Crippen LogP contribution is -2.53. The van der Waals surface area contributed by atoms with Crippen LogP contribution in [0.5, 0.6) is 0 Å². The summed E-state index contributed by atoms with van der Waals surface area (Å²) in [6, 6.07) is 21.8. The largest absolute Gasteiger partial charge is 0.444 e. The van der Waals surface area contributed by atoms with Crippen LogP contribution in [0.25, 0.3) is 0 Å². The van der Waals surface area contributed by atoms with Crippen LogP contribution in [0.2, 0.25) is 0 Å². The molecule has 208 valence electrons. The number of para-hydroxylation sites is 1. The Hall–Kier alpha value is -4.57. The lowest BCUT2D eigenvalue weighted by Gasteiger charge is -2.34. The highest BCUT2D eigenvalue weighted by molar-refractivity contribution is 5.99. The van der Waals surface area contributed by atoms with Crippen molar-refractivity contribution in [1.82, 2.24) is 10.2 Å². The third-order valence-corrected chi connectivity index (χ3v) is 6.25. The summed E-state index contributed by atoms with van der Waals surface area (Å²) in [6.45, 7) is 9.17. The van der Waals surface area contributed by atoms with Gasteiger partial charge in [0.15, 0.2) is 0 Å². The Kier molecular flexibility index (Phi) is 10.1. The second kappa shape index (κ2) is 13.5. The second-order valence-corrected chi connectivity index (χ2v) is 10.5. The molecule has 2 atom stereocenters. The molecule has 2 unspecified atom stereocenters. The minimum Gasteiger partial charge on any atom is -0.444 e. The van der Waals surface area contributed by atoms with E-state index in [1.54, 1.807) is 52.0 Å². The van der Waals surface area contributed by atoms with E-state index in [1.807, 2.05) is 61.5 Å². The molecule has 0 aliphatic rings. The monoisotopic (exact) mass is 539 g/mol. The normalized spacial score (nSPS) is 12.4. The molecule has 7 heteroatoms. The number of rotatable bonds is 9. The number of carbonyl (C=O) groups is 3. The van der Waals surface area contributed by atoms with Crippen molar-refractivity contribution in [1.29, 1.82) is 0 Å². The first-order chi connectivity index (χ1) is 19.0. The summed E-state index contributed by atoms with van der Waals surface area (Å²) in [5.74, 6) is 1.78. The molecule has 3 aromatic rings. The summed E-state index contributed by atoms with van der Waals surface area (Å²) in [5.41, 5.74) is 2.89. The first-order valence-corrected chi connectivity index (χ1v) is 13.3. The maximum atomic E-state index is 14.2. The van der Waals surface area contributed by atoms with E-state index >= 15 is 0 Å². The molecule has 3 amide bonds. The fourth-order valence-corrected chi connectivity index (χ4v) is 4.31. The van der Waals surface area contributed by atoms with Crippen LogP contribution in [0, 0.1) is 19.3 Å². The van der Waals surface area contributed by atoms with E-state index in [-0.39, 0.29) is 18.9 Å². The van der Waals surface area contributed by atoms with Gasteiger partial charge in [-0.1, -0.05) is 66.6 Å². The van der Waals surface area contributed by atoms with Crippen LogP contribution in [0.15, 0.2) is 78.9 Å². The molecule has 0 aliphatic heterocycles. The molecule has 2 N–H and O–H groups in total. The molecule has 0 aromatic heterocycles. The predicted octanol–water partition coefficient (Wildman–Crippen LogP) is 5.64. The van der Waals surface area contributed by atoms with Crippen LogP contribution in [0.3, 0.4) is 0 Å². The predicted molar refractivity (Wildman–Crippen MR) is 158 cm³/mol. The van der Waals surface area contributed by atoms with E-state index in [9.17, 15) is 14.4 Å². The first kappa shape index (κ1) is 30.0. The lowest BCUT2D eigenvalue weighted by molar-refractivity contribution is -0.140. The number of alkyl carbamates (subject to hydrolysis) is 1. The summed E-state index contributed by atoms with van der Waals surface area (Å²) in [5, 5.41) is 5.73. The maximum absolute atomic E-state index is 14.2. The number of nitrogens with zero attached hydrogens (tertiary/aromatic N) is 1. The van der Waals surface area contributed by atoms with Gasteiger partial charge in [-0.05, 0) is 69.5 Å². The van der Waals surface area contributed by atoms with Crippen molar-refractivity contribution in [2.75, 3.05) is 11.9 Å². The Morgan fingerprint density at radius 3 is 2.15 bits per heavy atom. The first-order valence-electron chi connectivity index (χ1n) is 13.3. The Balaban J connectivity index is 2.01. The Bertz CT molecular complexity index is 1350. The number of terminal acetylenes is 1. The molecule has 0 fully saturated rings. The Morgan fingerprint density at radius 1 is 0.950 bits per heavy atom. The van der Waals surface area contributed by atoms with Gasteiger partial charge in [-0.3, -0.25) is 9.59 Å². The summed E-state index contributed by atoms with van der Waals surface area (Å²) in [4.78, 5) is 42.3. The highest BCUT2D eigenvalue weighted by Crippen LogP contribution is 2.26. The second-order valence-electron chi connectivity index (χ2n) is 10.5. The smallest absolute Gasteiger partial charge is 0.408 e. The number of likely N-dealkylation sites (N-methyl/N-ethyl adjacent to an activating group) is 1. The number of amides is 3. The summed E-state index contributed by atoms with van der Waals surface area (Å²) in [6.07, 6.45) is 5.05. The standard InChI is InChI=1S/C33H37N3O4/c1-7-24-18-20-26(21-19-24)29(30(37)34-27-17-13-12-14-23(27)3)36(8-2)31(38)28(22-25-15-10-9-11-16-25)35-32(39)40-33(4,5)6/h1,9-21,28-29H,8,22H2,2-6H3,(H,34,37)(H,35,39). The van der Waals surface area contributed by atoms with Crippen LogP contribution in [-0.2, 0) is 20.7 Å². The number of benzene rings is 3. The van der Waals surface area contributed by atoms with Crippen LogP contribution >= 0.6 is 0 Å². The number of aryl methyl sites for hydroxylation is 1. The number of hydrogen-bond donors (Lipinski definition) is 2. The van der Waals surface area contributed by atoms with Gasteiger partial charge in [-0.2, -0.15) is 0 Å². The van der Waals surface area contributed by atoms with Gasteiger partial charge in [0.2, 0.25) is 5.91 Å². The van der Waals surface area contributed by atoms with Crippen molar-refractivity contribution in [2.45, 2.75) is 58.7 Å². The van der Waals surface area contributed by atoms with Crippen molar-refractivity contribution < 1.29 is 19.1 Å². The zero-order chi connectivity index (χ0) is 29.3. The van der Waals surface area contributed by atoms with Crippen molar-refractivity contribution >= 4 is 23.6 Å². The van der Waals surface area contributed by atoms with E-state index in [2.05, 4.69) is 16.6 Å². The topological polar surface area (TPSA) is 87.7 Å². The van der Waals surface area contributed by atoms with Gasteiger partial charge in [0, 0.05) is 24.2 Å². The van der Waals surface area contributed by atoms with Crippen molar-refractivity contribution in [3.05, 3.63) is 101 Å². The zero-order valence-electron chi connectivity index (χ0n) is 23.7. The number of nitrogens with one attached hydrogen (secondary N) is 2. The fourth-order valence-electron chi connectivity index (χ4n) is 4.31. The molecule has 0 radical (unpaired) electrons. The maximum Gasteiger partial charge on any atom is 0.408 e. The molecule has 0 aliphatic carbocycles. The van der Waals surface area contributed by atoms with Gasteiger partial charge < -0.3 is 20.3 Å². The summed E-state index contributed by atoms with van der Waals surface area (Å²) < 4.78 is 5.46. The molecule has 0 saturated carbocycles. The van der Waals surface area contributed by atoms with Gasteiger partial charge >= 0.3 is 6.09 Å². The van der Waals surface area contributed by atoms with Crippen LogP contribution in [0.1, 0.15) is 56.0 Å². The van der Waals surface area contributed by atoms with Crippen LogP contribution < -0.4 is 10.6 Å². The Morgan fingerprint density at radius 2 is 1.57 bits per heavy atom. The van der Waals surface area contributed by atoms with E-state index in [0.717, 1.165) is 11.1 Å². The van der Waals surface area contributed by atoms with E-state index in [1.165, 1.54) is 4.90 Å². The summed E-state index contributed by atoms with van der Waals surface area (Å²) in [7, 11) is 0. The lowest BCUT2D eigenvalue weighted by atomic mass is 9.99. The highest BCUT2D eigenvalue weighted by Gasteiger charge is 2.35. The van der Waals surface area contributed by atoms with E-state index in [0.29, 0.717) is 16.8 Å². The van der Waals surface area contributed by atoms with Crippen LogP contribution in [0.4, 0.5) is 10.5 Å². The molecular formula is C33H37N3O4. The SMILES string of the molecule is C#Cc1ccc(C(C(=O)Nc2ccccc2C)N(CC)C(=O)C(Cc2ccccc2)NC(=O)OC(C)(C)C)cc1. The van der Waals surface area contributed by atoms with Crippen LogP contribution in [-0.4, -0.2) is 41.0 Å². The van der Waals surface area contributed by atoms with E-state index in [4.69, 9.17) is 11.2 Å². The molecule has 40 heavy (non-hydrogen) atoms. The highest BCUT2D eigenvalue weighted by atomic mass is 16.6. The molecule has 7 nitrogen and oxygen atoms in total. The molecular weight excluding hydrogens is 502 g/mol. The van der Waals surface area contributed by atoms with E-state index < -0.39 is 29.7 Å². The Labute approximate surface area is 236 Å². The molecule has 0 heterocycles. The van der Waals surface area contributed by atoms with Crippen molar-refractivity contribution in [3.63, 3.8) is 0 Å². The third-order valence-electron chi connectivity index (χ3n) is 6.25. The summed E-state index contributed by atoms with van der Waals surface area (Å²) >= 11 is 0. The number of hydrogen-bond acceptors (Lipinski definition) is 4. The number of carbonyl (C=O) groups excluding carboxylic acids is 3. The average Bonchev–Trinajstić information content (AvgIpc) is 2.92. The van der Waals surface area contributed by atoms with Gasteiger partial charge in [0.05, 0.1) is 0 Å². The molecule has 0 spiro atoms. The molecule has 0 saturated heterocycles. The van der Waals surface area contributed by atoms with Gasteiger partial charge in [-0.25, -0.2) is 4.79 Å². The van der Waals surface area contributed by atoms with Gasteiger partial charge in [0.25, 0.3) is 5.91 Å².